The fraction of sp³-hybridized carbons (Fsp3) is 0.143. The molecule has 0 radical (unpaired) electrons. The van der Waals surface area contributed by atoms with Gasteiger partial charge in [-0.25, -0.2) is 0 Å². The quantitative estimate of drug-likeness (QED) is 0.661. The van der Waals surface area contributed by atoms with Gasteiger partial charge in [0.05, 0.1) is 12.3 Å². The summed E-state index contributed by atoms with van der Waals surface area (Å²) in [7, 11) is 0. The zero-order chi connectivity index (χ0) is 15.9. The molecule has 0 saturated heterocycles. The Labute approximate surface area is 137 Å². The molecule has 23 heavy (non-hydrogen) atoms. The second-order valence-corrected chi connectivity index (χ2v) is 5.35. The van der Waals surface area contributed by atoms with Crippen molar-refractivity contribution in [3.8, 4) is 16.9 Å². The molecule has 0 fully saturated rings. The third kappa shape index (κ3) is 3.92. The molecule has 0 aliphatic carbocycles. The van der Waals surface area contributed by atoms with Crippen molar-refractivity contribution < 1.29 is 4.74 Å². The van der Waals surface area contributed by atoms with Gasteiger partial charge in [0.25, 0.3) is 0 Å². The second-order valence-electron chi connectivity index (χ2n) is 5.35. The highest BCUT2D eigenvalue weighted by atomic mass is 16.5. The van der Waals surface area contributed by atoms with Crippen LogP contribution in [0.5, 0.6) is 5.75 Å². The van der Waals surface area contributed by atoms with E-state index in [9.17, 15) is 0 Å². The van der Waals surface area contributed by atoms with Crippen LogP contribution in [0.1, 0.15) is 12.5 Å². The molecule has 3 rings (SSSR count). The van der Waals surface area contributed by atoms with Crippen molar-refractivity contribution in [1.29, 1.82) is 0 Å². The highest BCUT2D eigenvalue weighted by Gasteiger charge is 2.02. The number of hydrogen-bond donors (Lipinski definition) is 1. The molecule has 0 heterocycles. The van der Waals surface area contributed by atoms with E-state index in [2.05, 4.69) is 53.8 Å². The first-order chi connectivity index (χ1) is 11.4. The summed E-state index contributed by atoms with van der Waals surface area (Å²) in [5.74, 6) is 0.899. The molecular formula is C21H21NO. The van der Waals surface area contributed by atoms with E-state index in [1.54, 1.807) is 0 Å². The lowest BCUT2D eigenvalue weighted by atomic mass is 10.0. The SMILES string of the molecule is CCOc1ccccc1NCc1ccc(-c2ccccc2)cc1. The van der Waals surface area contributed by atoms with Crippen LogP contribution in [0.25, 0.3) is 11.1 Å². The first-order valence-electron chi connectivity index (χ1n) is 7.97. The molecule has 0 amide bonds. The maximum atomic E-state index is 5.64. The number of anilines is 1. The van der Waals surface area contributed by atoms with Crippen LogP contribution in [-0.2, 0) is 6.54 Å². The van der Waals surface area contributed by atoms with Gasteiger partial charge >= 0.3 is 0 Å². The Balaban J connectivity index is 1.68. The number of rotatable bonds is 6. The maximum Gasteiger partial charge on any atom is 0.142 e. The van der Waals surface area contributed by atoms with E-state index in [-0.39, 0.29) is 0 Å². The molecule has 3 aromatic rings. The zero-order valence-electron chi connectivity index (χ0n) is 13.3. The molecule has 0 saturated carbocycles. The summed E-state index contributed by atoms with van der Waals surface area (Å²) in [6.45, 7) is 3.45. The van der Waals surface area contributed by atoms with E-state index in [0.717, 1.165) is 18.0 Å². The largest absolute Gasteiger partial charge is 0.492 e. The Hall–Kier alpha value is -2.74. The minimum Gasteiger partial charge on any atom is -0.492 e. The van der Waals surface area contributed by atoms with Crippen LogP contribution >= 0.6 is 0 Å². The smallest absolute Gasteiger partial charge is 0.142 e. The highest BCUT2D eigenvalue weighted by Crippen LogP contribution is 2.25. The molecule has 0 aromatic heterocycles. The van der Waals surface area contributed by atoms with Crippen LogP contribution in [0, 0.1) is 0 Å². The third-order valence-corrected chi connectivity index (χ3v) is 3.73. The van der Waals surface area contributed by atoms with E-state index in [1.807, 2.05) is 37.3 Å². The molecule has 2 nitrogen and oxygen atoms in total. The van der Waals surface area contributed by atoms with E-state index in [4.69, 9.17) is 4.74 Å². The van der Waals surface area contributed by atoms with Crippen molar-refractivity contribution in [2.45, 2.75) is 13.5 Å². The Morgan fingerprint density at radius 1 is 0.739 bits per heavy atom. The van der Waals surface area contributed by atoms with Gasteiger partial charge in [0.15, 0.2) is 0 Å². The van der Waals surface area contributed by atoms with Crippen LogP contribution in [0.2, 0.25) is 0 Å². The fourth-order valence-electron chi connectivity index (χ4n) is 2.54. The van der Waals surface area contributed by atoms with E-state index < -0.39 is 0 Å². The van der Waals surface area contributed by atoms with Gasteiger partial charge < -0.3 is 10.1 Å². The number of ether oxygens (including phenoxy) is 1. The van der Waals surface area contributed by atoms with Crippen LogP contribution in [0.3, 0.4) is 0 Å². The molecular weight excluding hydrogens is 282 g/mol. The number of hydrogen-bond acceptors (Lipinski definition) is 2. The first-order valence-corrected chi connectivity index (χ1v) is 7.97. The van der Waals surface area contributed by atoms with Crippen LogP contribution in [-0.4, -0.2) is 6.61 Å². The molecule has 0 aliphatic heterocycles. The number of benzene rings is 3. The Bertz CT molecular complexity index is 735. The molecule has 116 valence electrons. The van der Waals surface area contributed by atoms with Gasteiger partial charge in [0.1, 0.15) is 5.75 Å². The lowest BCUT2D eigenvalue weighted by Gasteiger charge is -2.12. The van der Waals surface area contributed by atoms with Gasteiger partial charge in [0, 0.05) is 6.54 Å². The Kier molecular flexibility index (Phi) is 4.95. The average molecular weight is 303 g/mol. The lowest BCUT2D eigenvalue weighted by Crippen LogP contribution is -2.02. The Morgan fingerprint density at radius 2 is 1.39 bits per heavy atom. The predicted molar refractivity (Wildman–Crippen MR) is 96.8 cm³/mol. The van der Waals surface area contributed by atoms with Crippen molar-refractivity contribution in [3.63, 3.8) is 0 Å². The van der Waals surface area contributed by atoms with Gasteiger partial charge in [-0.05, 0) is 35.7 Å². The van der Waals surface area contributed by atoms with Crippen molar-refractivity contribution in [2.75, 3.05) is 11.9 Å². The fourth-order valence-corrected chi connectivity index (χ4v) is 2.54. The van der Waals surface area contributed by atoms with Crippen molar-refractivity contribution in [1.82, 2.24) is 0 Å². The molecule has 0 aliphatic rings. The Morgan fingerprint density at radius 3 is 2.13 bits per heavy atom. The molecule has 0 atom stereocenters. The van der Waals surface area contributed by atoms with Gasteiger partial charge in [0.2, 0.25) is 0 Å². The highest BCUT2D eigenvalue weighted by molar-refractivity contribution is 5.63. The molecule has 0 unspecified atom stereocenters. The molecule has 1 N–H and O–H groups in total. The minimum absolute atomic E-state index is 0.671. The summed E-state index contributed by atoms with van der Waals surface area (Å²) >= 11 is 0. The molecule has 0 bridgehead atoms. The van der Waals surface area contributed by atoms with Crippen molar-refractivity contribution >= 4 is 5.69 Å². The standard InChI is InChI=1S/C21H21NO/c1-2-23-21-11-7-6-10-20(21)22-16-17-12-14-19(15-13-17)18-8-4-3-5-9-18/h3-15,22H,2,16H2,1H3. The summed E-state index contributed by atoms with van der Waals surface area (Å²) < 4.78 is 5.64. The normalized spacial score (nSPS) is 10.3. The minimum atomic E-state index is 0.671. The van der Waals surface area contributed by atoms with Crippen LogP contribution < -0.4 is 10.1 Å². The lowest BCUT2D eigenvalue weighted by molar-refractivity contribution is 0.341. The zero-order valence-corrected chi connectivity index (χ0v) is 13.3. The van der Waals surface area contributed by atoms with E-state index in [0.29, 0.717) is 6.61 Å². The molecule has 3 aromatic carbocycles. The second kappa shape index (κ2) is 7.50. The summed E-state index contributed by atoms with van der Waals surface area (Å²) in [6.07, 6.45) is 0. The summed E-state index contributed by atoms with van der Waals surface area (Å²) in [5, 5.41) is 3.45. The topological polar surface area (TPSA) is 21.3 Å². The van der Waals surface area contributed by atoms with Crippen LogP contribution in [0.4, 0.5) is 5.69 Å². The van der Waals surface area contributed by atoms with Crippen molar-refractivity contribution in [2.24, 2.45) is 0 Å². The van der Waals surface area contributed by atoms with Crippen LogP contribution in [0.15, 0.2) is 78.9 Å². The number of nitrogens with one attached hydrogen (secondary N) is 1. The van der Waals surface area contributed by atoms with E-state index >= 15 is 0 Å². The maximum absolute atomic E-state index is 5.64. The van der Waals surface area contributed by atoms with Crippen molar-refractivity contribution in [3.05, 3.63) is 84.4 Å². The summed E-state index contributed by atoms with van der Waals surface area (Å²) in [5.41, 5.74) is 4.76. The molecule has 2 heteroatoms. The summed E-state index contributed by atoms with van der Waals surface area (Å²) in [4.78, 5) is 0. The van der Waals surface area contributed by atoms with Gasteiger partial charge in [-0.3, -0.25) is 0 Å². The average Bonchev–Trinajstić information content (AvgIpc) is 2.62. The van der Waals surface area contributed by atoms with Gasteiger partial charge in [-0.1, -0.05) is 66.7 Å². The number of para-hydroxylation sites is 2. The predicted octanol–water partition coefficient (Wildman–Crippen LogP) is 5.36. The van der Waals surface area contributed by atoms with E-state index in [1.165, 1.54) is 16.7 Å². The van der Waals surface area contributed by atoms with Gasteiger partial charge in [-0.15, -0.1) is 0 Å². The van der Waals surface area contributed by atoms with Gasteiger partial charge in [-0.2, -0.15) is 0 Å². The third-order valence-electron chi connectivity index (χ3n) is 3.73. The first kappa shape index (κ1) is 15.2. The monoisotopic (exact) mass is 303 g/mol. The summed E-state index contributed by atoms with van der Waals surface area (Å²) in [6, 6.07) is 27.1. The molecule has 0 spiro atoms.